The molecule has 0 saturated carbocycles. The number of rotatable bonds is 7. The first-order chi connectivity index (χ1) is 19.1. The number of carbonyl (C=O) groups is 1. The lowest BCUT2D eigenvalue weighted by Gasteiger charge is -2.20. The molecule has 0 unspecified atom stereocenters. The fourth-order valence-electron chi connectivity index (χ4n) is 5.26. The Bertz CT molecular complexity index is 1690. The van der Waals surface area contributed by atoms with E-state index in [1.165, 1.54) is 0 Å². The van der Waals surface area contributed by atoms with Crippen molar-refractivity contribution in [2.45, 2.75) is 38.3 Å². The molecule has 8 nitrogen and oxygen atoms in total. The van der Waals surface area contributed by atoms with Crippen LogP contribution in [0.15, 0.2) is 84.2 Å². The summed E-state index contributed by atoms with van der Waals surface area (Å²) in [6.45, 7) is 2.65. The van der Waals surface area contributed by atoms with Gasteiger partial charge in [-0.25, -0.2) is 0 Å². The van der Waals surface area contributed by atoms with Crippen LogP contribution in [-0.4, -0.2) is 38.7 Å². The predicted octanol–water partition coefficient (Wildman–Crippen LogP) is 3.15. The molecule has 2 aromatic carbocycles. The molecule has 1 aliphatic heterocycles. The molecule has 1 aliphatic rings. The van der Waals surface area contributed by atoms with Gasteiger partial charge in [-0.15, -0.1) is 0 Å². The van der Waals surface area contributed by atoms with Crippen LogP contribution in [0.25, 0.3) is 32.8 Å². The van der Waals surface area contributed by atoms with Gasteiger partial charge in [-0.1, -0.05) is 24.3 Å². The van der Waals surface area contributed by atoms with Crippen molar-refractivity contribution in [2.75, 3.05) is 13.1 Å². The summed E-state index contributed by atoms with van der Waals surface area (Å²) in [5.74, 6) is -0.0482. The molecule has 3 N–H and O–H groups in total. The van der Waals surface area contributed by atoms with Gasteiger partial charge in [0.1, 0.15) is 0 Å². The number of aromatic nitrogens is 4. The van der Waals surface area contributed by atoms with Crippen LogP contribution in [0.3, 0.4) is 0 Å². The highest BCUT2D eigenvalue weighted by Crippen LogP contribution is 2.25. The number of carbonyl (C=O) groups excluding carboxylic acids is 1. The SMILES string of the molecule is O=C(CCc1ccc2ccc3ncc(-c4cnn(C5CC[NH2+]CC5)c4)cc3c(=O)c2c1)NCc1ccccn1. The van der Waals surface area contributed by atoms with E-state index in [2.05, 4.69) is 36.6 Å². The van der Waals surface area contributed by atoms with E-state index in [9.17, 15) is 9.59 Å². The number of quaternary nitrogens is 1. The van der Waals surface area contributed by atoms with E-state index >= 15 is 0 Å². The van der Waals surface area contributed by atoms with Gasteiger partial charge in [0.05, 0.1) is 43.1 Å². The normalized spacial score (nSPS) is 14.1. The second kappa shape index (κ2) is 11.1. The monoisotopic (exact) mass is 519 g/mol. The maximum absolute atomic E-state index is 13.7. The van der Waals surface area contributed by atoms with Crippen LogP contribution < -0.4 is 16.1 Å². The fraction of sp³-hybridized carbons (Fsp3) is 0.258. The average molecular weight is 520 g/mol. The second-order valence-corrected chi connectivity index (χ2v) is 10.1. The van der Waals surface area contributed by atoms with Crippen molar-refractivity contribution in [1.82, 2.24) is 25.1 Å². The minimum Gasteiger partial charge on any atom is -0.350 e. The van der Waals surface area contributed by atoms with Crippen molar-refractivity contribution >= 4 is 27.6 Å². The molecule has 1 saturated heterocycles. The third-order valence-corrected chi connectivity index (χ3v) is 7.50. The van der Waals surface area contributed by atoms with Gasteiger partial charge < -0.3 is 10.6 Å². The van der Waals surface area contributed by atoms with E-state index in [-0.39, 0.29) is 11.3 Å². The van der Waals surface area contributed by atoms with Crippen molar-refractivity contribution < 1.29 is 10.1 Å². The third-order valence-electron chi connectivity index (χ3n) is 7.50. The number of nitrogens with two attached hydrogens (primary N) is 1. The zero-order valence-corrected chi connectivity index (χ0v) is 21.7. The minimum atomic E-state index is -0.0592. The van der Waals surface area contributed by atoms with E-state index in [1.54, 1.807) is 6.20 Å². The number of piperidine rings is 1. The van der Waals surface area contributed by atoms with E-state index < -0.39 is 0 Å². The standard InChI is InChI=1S/C31H30N6O2/c38-30(35-19-25-3-1-2-12-33-25)9-5-21-4-6-22-7-8-29-28(31(39)27(22)15-21)16-23(17-34-29)24-18-36-37(20-24)26-10-13-32-14-11-26/h1-4,6-8,12,15-18,20,26,32H,5,9-11,13-14,19H2,(H,35,38)/p+1. The average Bonchev–Trinajstić information content (AvgIpc) is 3.44. The highest BCUT2D eigenvalue weighted by atomic mass is 16.1. The van der Waals surface area contributed by atoms with Gasteiger partial charge in [0.25, 0.3) is 0 Å². The van der Waals surface area contributed by atoms with Gasteiger partial charge >= 0.3 is 0 Å². The molecule has 6 rings (SSSR count). The quantitative estimate of drug-likeness (QED) is 0.344. The molecule has 0 spiro atoms. The molecular weight excluding hydrogens is 488 g/mol. The Kier molecular flexibility index (Phi) is 7.10. The summed E-state index contributed by atoms with van der Waals surface area (Å²) in [6.07, 6.45) is 10.6. The molecule has 0 radical (unpaired) electrons. The van der Waals surface area contributed by atoms with Crippen LogP contribution in [0.1, 0.15) is 36.6 Å². The molecule has 1 amide bonds. The molecule has 0 atom stereocenters. The van der Waals surface area contributed by atoms with Crippen molar-refractivity contribution in [2.24, 2.45) is 0 Å². The van der Waals surface area contributed by atoms with E-state index in [4.69, 9.17) is 0 Å². The molecule has 0 aliphatic carbocycles. The van der Waals surface area contributed by atoms with Gasteiger partial charge in [0, 0.05) is 59.8 Å². The number of pyridine rings is 2. The number of nitrogens with one attached hydrogen (secondary N) is 1. The molecule has 4 heterocycles. The summed E-state index contributed by atoms with van der Waals surface area (Å²) in [6, 6.07) is 17.7. The second-order valence-electron chi connectivity index (χ2n) is 10.1. The maximum Gasteiger partial charge on any atom is 0.220 e. The summed E-state index contributed by atoms with van der Waals surface area (Å²) in [7, 11) is 0. The number of hydrogen-bond acceptors (Lipinski definition) is 5. The first kappa shape index (κ1) is 24.9. The summed E-state index contributed by atoms with van der Waals surface area (Å²) >= 11 is 0. The van der Waals surface area contributed by atoms with Gasteiger partial charge in [-0.2, -0.15) is 5.10 Å². The zero-order valence-electron chi connectivity index (χ0n) is 21.7. The van der Waals surface area contributed by atoms with Crippen LogP contribution in [0.2, 0.25) is 0 Å². The van der Waals surface area contributed by atoms with E-state index in [0.29, 0.717) is 41.7 Å². The summed E-state index contributed by atoms with van der Waals surface area (Å²) in [5, 5.41) is 11.9. The molecule has 1 fully saturated rings. The third kappa shape index (κ3) is 5.56. The number of nitrogens with zero attached hydrogens (tertiary/aromatic N) is 4. The van der Waals surface area contributed by atoms with Gasteiger partial charge in [0.2, 0.25) is 5.91 Å². The summed E-state index contributed by atoms with van der Waals surface area (Å²) in [5.41, 5.74) is 4.21. The van der Waals surface area contributed by atoms with Crippen LogP contribution in [0.5, 0.6) is 0 Å². The van der Waals surface area contributed by atoms with Crippen molar-refractivity contribution in [3.8, 4) is 11.1 Å². The topological polar surface area (TPSA) is 106 Å². The van der Waals surface area contributed by atoms with Crippen LogP contribution in [0, 0.1) is 0 Å². The van der Waals surface area contributed by atoms with Crippen LogP contribution in [0.4, 0.5) is 0 Å². The summed E-state index contributed by atoms with van der Waals surface area (Å²) in [4.78, 5) is 35.0. The molecule has 39 heavy (non-hydrogen) atoms. The number of amides is 1. The molecular formula is C31H31N6O2+. The minimum absolute atomic E-state index is 0.0482. The first-order valence-electron chi connectivity index (χ1n) is 13.5. The van der Waals surface area contributed by atoms with Gasteiger partial charge in [0.15, 0.2) is 5.43 Å². The number of aryl methyl sites for hydroxylation is 1. The number of benzene rings is 1. The fourth-order valence-corrected chi connectivity index (χ4v) is 5.26. The molecule has 5 aromatic rings. The first-order valence-corrected chi connectivity index (χ1v) is 13.5. The van der Waals surface area contributed by atoms with Crippen molar-refractivity contribution in [3.05, 3.63) is 101 Å². The highest BCUT2D eigenvalue weighted by molar-refractivity contribution is 5.93. The lowest BCUT2D eigenvalue weighted by Crippen LogP contribution is -2.86. The number of fused-ring (bicyclic) bond motifs is 2. The molecule has 196 valence electrons. The largest absolute Gasteiger partial charge is 0.350 e. The lowest BCUT2D eigenvalue weighted by atomic mass is 10.0. The Morgan fingerprint density at radius 3 is 2.69 bits per heavy atom. The Morgan fingerprint density at radius 2 is 1.85 bits per heavy atom. The Labute approximate surface area is 226 Å². The van der Waals surface area contributed by atoms with Gasteiger partial charge in [-0.05, 0) is 47.7 Å². The predicted molar refractivity (Wildman–Crippen MR) is 151 cm³/mol. The van der Waals surface area contributed by atoms with Crippen molar-refractivity contribution in [1.29, 1.82) is 0 Å². The summed E-state index contributed by atoms with van der Waals surface area (Å²) < 4.78 is 2.06. The molecule has 8 heteroatoms. The molecule has 0 bridgehead atoms. The van der Waals surface area contributed by atoms with E-state index in [1.807, 2.05) is 67.0 Å². The smallest absolute Gasteiger partial charge is 0.220 e. The number of hydrogen-bond donors (Lipinski definition) is 2. The van der Waals surface area contributed by atoms with Crippen LogP contribution in [-0.2, 0) is 17.8 Å². The Hall–Kier alpha value is -4.43. The molecule has 3 aromatic heterocycles. The van der Waals surface area contributed by atoms with Crippen LogP contribution >= 0.6 is 0 Å². The van der Waals surface area contributed by atoms with E-state index in [0.717, 1.165) is 53.7 Å². The lowest BCUT2D eigenvalue weighted by molar-refractivity contribution is -0.664. The van der Waals surface area contributed by atoms with Crippen molar-refractivity contribution in [3.63, 3.8) is 0 Å². The zero-order chi connectivity index (χ0) is 26.6. The highest BCUT2D eigenvalue weighted by Gasteiger charge is 2.18. The Balaban J connectivity index is 1.24. The maximum atomic E-state index is 13.7. The van der Waals surface area contributed by atoms with Gasteiger partial charge in [-0.3, -0.25) is 24.2 Å². The Morgan fingerprint density at radius 1 is 0.974 bits per heavy atom.